The zero-order chi connectivity index (χ0) is 22.0. The molecule has 0 aliphatic carbocycles. The van der Waals surface area contributed by atoms with Crippen LogP contribution >= 0.6 is 15.9 Å². The van der Waals surface area contributed by atoms with Crippen LogP contribution in [0.25, 0.3) is 0 Å². The first-order valence-corrected chi connectivity index (χ1v) is 10.8. The average Bonchev–Trinajstić information content (AvgIpc) is 2.80. The third kappa shape index (κ3) is 4.70. The number of aromatic hydroxyl groups is 1. The number of esters is 1. The fourth-order valence-corrected chi connectivity index (χ4v) is 4.10. The van der Waals surface area contributed by atoms with Gasteiger partial charge in [0.2, 0.25) is 0 Å². The van der Waals surface area contributed by atoms with Crippen molar-refractivity contribution in [3.8, 4) is 5.75 Å². The summed E-state index contributed by atoms with van der Waals surface area (Å²) < 4.78 is 5.69. The SMILES string of the molecule is COC(=O)c1ccc([C@@H]2N=C(c3ccc(C)cc3)C[C@@H](c3cc(Br)ccc3O)N2)cc1. The number of hydrogen-bond donors (Lipinski definition) is 2. The summed E-state index contributed by atoms with van der Waals surface area (Å²) >= 11 is 3.51. The van der Waals surface area contributed by atoms with Gasteiger partial charge in [0.15, 0.2) is 0 Å². The van der Waals surface area contributed by atoms with Gasteiger partial charge in [-0.2, -0.15) is 0 Å². The first kappa shape index (κ1) is 21.3. The van der Waals surface area contributed by atoms with Crippen LogP contribution < -0.4 is 5.32 Å². The van der Waals surface area contributed by atoms with Gasteiger partial charge in [0, 0.05) is 28.2 Å². The number of nitrogens with zero attached hydrogens (tertiary/aromatic N) is 1. The minimum atomic E-state index is -0.371. The fourth-order valence-electron chi connectivity index (χ4n) is 3.72. The molecule has 0 aromatic heterocycles. The Balaban J connectivity index is 1.73. The number of methoxy groups -OCH3 is 1. The van der Waals surface area contributed by atoms with Gasteiger partial charge in [0.25, 0.3) is 0 Å². The Labute approximate surface area is 189 Å². The Morgan fingerprint density at radius 2 is 1.81 bits per heavy atom. The second kappa shape index (κ2) is 9.04. The van der Waals surface area contributed by atoms with E-state index in [2.05, 4.69) is 52.4 Å². The molecule has 3 aromatic carbocycles. The molecule has 2 atom stereocenters. The molecule has 0 fully saturated rings. The molecule has 1 aliphatic rings. The monoisotopic (exact) mass is 478 g/mol. The van der Waals surface area contributed by atoms with Gasteiger partial charge in [-0.05, 0) is 48.4 Å². The maximum Gasteiger partial charge on any atom is 0.337 e. The van der Waals surface area contributed by atoms with Crippen molar-refractivity contribution in [1.29, 1.82) is 0 Å². The molecule has 5 nitrogen and oxygen atoms in total. The predicted molar refractivity (Wildman–Crippen MR) is 125 cm³/mol. The van der Waals surface area contributed by atoms with Crippen LogP contribution in [0, 0.1) is 6.92 Å². The Kier molecular flexibility index (Phi) is 6.20. The van der Waals surface area contributed by atoms with Gasteiger partial charge in [0.1, 0.15) is 11.9 Å². The second-order valence-corrected chi connectivity index (χ2v) is 8.50. The molecule has 6 heteroatoms. The van der Waals surface area contributed by atoms with Gasteiger partial charge in [-0.25, -0.2) is 4.79 Å². The molecule has 4 rings (SSSR count). The number of nitrogens with one attached hydrogen (secondary N) is 1. The van der Waals surface area contributed by atoms with Crippen LogP contribution in [0.1, 0.15) is 51.2 Å². The molecule has 1 aliphatic heterocycles. The number of ether oxygens (including phenoxy) is 1. The molecule has 0 radical (unpaired) electrons. The van der Waals surface area contributed by atoms with Gasteiger partial charge in [-0.15, -0.1) is 0 Å². The first-order valence-electron chi connectivity index (χ1n) is 10.0. The minimum absolute atomic E-state index is 0.128. The van der Waals surface area contributed by atoms with E-state index in [9.17, 15) is 9.90 Å². The maximum absolute atomic E-state index is 11.8. The largest absolute Gasteiger partial charge is 0.508 e. The summed E-state index contributed by atoms with van der Waals surface area (Å²) in [5.74, 6) is -0.130. The smallest absolute Gasteiger partial charge is 0.337 e. The van der Waals surface area contributed by atoms with E-state index in [-0.39, 0.29) is 23.9 Å². The zero-order valence-corrected chi connectivity index (χ0v) is 18.9. The molecule has 0 saturated heterocycles. The highest BCUT2D eigenvalue weighted by molar-refractivity contribution is 9.10. The molecule has 0 unspecified atom stereocenters. The molecule has 0 spiro atoms. The molecule has 0 bridgehead atoms. The Morgan fingerprint density at radius 3 is 2.48 bits per heavy atom. The quantitative estimate of drug-likeness (QED) is 0.487. The van der Waals surface area contributed by atoms with Crippen molar-refractivity contribution < 1.29 is 14.6 Å². The lowest BCUT2D eigenvalue weighted by molar-refractivity contribution is 0.0600. The molecular weight excluding hydrogens is 456 g/mol. The number of carbonyl (C=O) groups excluding carboxylic acids is 1. The van der Waals surface area contributed by atoms with E-state index in [1.54, 1.807) is 18.2 Å². The van der Waals surface area contributed by atoms with Crippen LogP contribution in [0.5, 0.6) is 5.75 Å². The number of carbonyl (C=O) groups is 1. The van der Waals surface area contributed by atoms with Crippen molar-refractivity contribution in [3.05, 3.63) is 99.0 Å². The van der Waals surface area contributed by atoms with E-state index >= 15 is 0 Å². The van der Waals surface area contributed by atoms with E-state index in [0.717, 1.165) is 26.9 Å². The number of aliphatic imine (C=N–C) groups is 1. The predicted octanol–water partition coefficient (Wildman–Crippen LogP) is 5.47. The topological polar surface area (TPSA) is 70.9 Å². The van der Waals surface area contributed by atoms with Gasteiger partial charge in [-0.3, -0.25) is 10.3 Å². The lowest BCUT2D eigenvalue weighted by atomic mass is 9.93. The Morgan fingerprint density at radius 1 is 1.10 bits per heavy atom. The number of halogens is 1. The zero-order valence-electron chi connectivity index (χ0n) is 17.3. The standard InChI is InChI=1S/C25H23BrN2O3/c1-15-3-5-16(6-4-15)21-14-22(20-13-19(26)11-12-23(20)29)28-24(27-21)17-7-9-18(10-8-17)25(30)31-2/h3-13,22,24,28-29H,14H2,1-2H3/t22-,24+/m0/s1. The molecule has 2 N–H and O–H groups in total. The summed E-state index contributed by atoms with van der Waals surface area (Å²) in [6.45, 7) is 2.06. The second-order valence-electron chi connectivity index (χ2n) is 7.58. The fraction of sp³-hybridized carbons (Fsp3) is 0.200. The lowest BCUT2D eigenvalue weighted by Crippen LogP contribution is -2.33. The van der Waals surface area contributed by atoms with Crippen molar-refractivity contribution in [2.45, 2.75) is 25.6 Å². The van der Waals surface area contributed by atoms with E-state index in [1.807, 2.05) is 24.3 Å². The molecule has 0 saturated carbocycles. The molecule has 3 aromatic rings. The molecule has 31 heavy (non-hydrogen) atoms. The third-order valence-electron chi connectivity index (χ3n) is 5.44. The van der Waals surface area contributed by atoms with Crippen LogP contribution in [0.2, 0.25) is 0 Å². The number of rotatable bonds is 4. The highest BCUT2D eigenvalue weighted by atomic mass is 79.9. The Hall–Kier alpha value is -2.96. The Bertz CT molecular complexity index is 1120. The molecule has 158 valence electrons. The molecular formula is C25H23BrN2O3. The van der Waals surface area contributed by atoms with Crippen LogP contribution in [0.3, 0.4) is 0 Å². The van der Waals surface area contributed by atoms with E-state index in [4.69, 9.17) is 9.73 Å². The molecule has 0 amide bonds. The summed E-state index contributed by atoms with van der Waals surface area (Å²) in [5.41, 5.74) is 5.44. The molecule has 1 heterocycles. The summed E-state index contributed by atoms with van der Waals surface area (Å²) in [4.78, 5) is 16.7. The van der Waals surface area contributed by atoms with Crippen molar-refractivity contribution in [1.82, 2.24) is 5.32 Å². The number of aryl methyl sites for hydroxylation is 1. The van der Waals surface area contributed by atoms with Gasteiger partial charge < -0.3 is 9.84 Å². The van der Waals surface area contributed by atoms with Crippen molar-refractivity contribution in [2.24, 2.45) is 4.99 Å². The van der Waals surface area contributed by atoms with Gasteiger partial charge in [0.05, 0.1) is 12.7 Å². The number of phenolic OH excluding ortho intramolecular Hbond substituents is 1. The van der Waals surface area contributed by atoms with Crippen molar-refractivity contribution >= 4 is 27.6 Å². The van der Waals surface area contributed by atoms with Crippen LogP contribution in [-0.4, -0.2) is 23.9 Å². The van der Waals surface area contributed by atoms with Crippen molar-refractivity contribution in [2.75, 3.05) is 7.11 Å². The normalized spacial score (nSPS) is 18.4. The van der Waals surface area contributed by atoms with E-state index < -0.39 is 0 Å². The lowest BCUT2D eigenvalue weighted by Gasteiger charge is -2.31. The van der Waals surface area contributed by atoms with Crippen LogP contribution in [0.4, 0.5) is 0 Å². The summed E-state index contributed by atoms with van der Waals surface area (Å²) in [5, 5.41) is 14.1. The minimum Gasteiger partial charge on any atom is -0.508 e. The third-order valence-corrected chi connectivity index (χ3v) is 5.93. The average molecular weight is 479 g/mol. The highest BCUT2D eigenvalue weighted by Crippen LogP contribution is 2.35. The number of benzene rings is 3. The maximum atomic E-state index is 11.8. The van der Waals surface area contributed by atoms with Crippen molar-refractivity contribution in [3.63, 3.8) is 0 Å². The number of hydrogen-bond acceptors (Lipinski definition) is 5. The number of phenols is 1. The first-order chi connectivity index (χ1) is 14.9. The van der Waals surface area contributed by atoms with E-state index in [0.29, 0.717) is 12.0 Å². The highest BCUT2D eigenvalue weighted by Gasteiger charge is 2.28. The van der Waals surface area contributed by atoms with Gasteiger partial charge >= 0.3 is 5.97 Å². The summed E-state index contributed by atoms with van der Waals surface area (Å²) in [6.07, 6.45) is 0.323. The van der Waals surface area contributed by atoms with E-state index in [1.165, 1.54) is 12.7 Å². The van der Waals surface area contributed by atoms with Crippen LogP contribution in [-0.2, 0) is 4.74 Å². The van der Waals surface area contributed by atoms with Crippen LogP contribution in [0.15, 0.2) is 76.2 Å². The summed E-state index contributed by atoms with van der Waals surface area (Å²) in [6, 6.07) is 20.9. The van der Waals surface area contributed by atoms with Gasteiger partial charge in [-0.1, -0.05) is 57.9 Å². The summed E-state index contributed by atoms with van der Waals surface area (Å²) in [7, 11) is 1.37.